The van der Waals surface area contributed by atoms with Gasteiger partial charge in [0, 0.05) is 12.1 Å². The molecule has 0 spiro atoms. The normalized spacial score (nSPS) is 41.7. The molecular formula is C29H52N2. The molecule has 4 N–H and O–H groups in total. The summed E-state index contributed by atoms with van der Waals surface area (Å²) in [5.41, 5.74) is 17.0. The van der Waals surface area contributed by atoms with Gasteiger partial charge in [0.05, 0.1) is 0 Å². The Morgan fingerprint density at radius 1 is 1.06 bits per heavy atom. The largest absolute Gasteiger partial charge is 0.327 e. The molecule has 0 aromatic heterocycles. The third-order valence-corrected chi connectivity index (χ3v) is 10.4. The number of fused-ring (bicyclic) bond motifs is 2. The molecule has 3 saturated carbocycles. The minimum absolute atomic E-state index is 0.222. The van der Waals surface area contributed by atoms with E-state index >= 15 is 0 Å². The molecule has 0 saturated heterocycles. The molecule has 3 aliphatic carbocycles. The molecule has 3 fully saturated rings. The van der Waals surface area contributed by atoms with E-state index in [9.17, 15) is 0 Å². The molecule has 178 valence electrons. The molecule has 0 aliphatic heterocycles. The minimum Gasteiger partial charge on any atom is -0.327 e. The Morgan fingerprint density at radius 2 is 1.74 bits per heavy atom. The first-order chi connectivity index (χ1) is 14.5. The van der Waals surface area contributed by atoms with Crippen LogP contribution in [0.2, 0.25) is 0 Å². The van der Waals surface area contributed by atoms with Crippen molar-refractivity contribution in [2.45, 2.75) is 118 Å². The van der Waals surface area contributed by atoms with E-state index in [1.807, 2.05) is 0 Å². The first-order valence-electron chi connectivity index (χ1n) is 13.3. The van der Waals surface area contributed by atoms with Crippen molar-refractivity contribution in [1.82, 2.24) is 0 Å². The molecule has 0 amide bonds. The van der Waals surface area contributed by atoms with E-state index in [2.05, 4.69) is 54.2 Å². The second-order valence-electron chi connectivity index (χ2n) is 12.7. The fourth-order valence-corrected chi connectivity index (χ4v) is 8.11. The third kappa shape index (κ3) is 5.01. The molecule has 8 unspecified atom stereocenters. The standard InChI is InChI=1S/C29H52N2/c1-19(2)9-8-10-26(30)25-15-14-23-21(4)11-13-24-22(12-16-27(31)28(24,5)6)20(3)17-18-29(23,25)7/h9,21-27H,3,8,10-18,30-31H2,1-2,4-7H3. The lowest BCUT2D eigenvalue weighted by Gasteiger charge is -2.51. The summed E-state index contributed by atoms with van der Waals surface area (Å²) in [6.07, 6.45) is 14.8. The van der Waals surface area contributed by atoms with E-state index in [1.54, 1.807) is 0 Å². The van der Waals surface area contributed by atoms with Gasteiger partial charge in [0.2, 0.25) is 0 Å². The Morgan fingerprint density at radius 3 is 2.42 bits per heavy atom. The third-order valence-electron chi connectivity index (χ3n) is 10.4. The molecule has 2 nitrogen and oxygen atoms in total. The average molecular weight is 429 g/mol. The Balaban J connectivity index is 1.80. The fourth-order valence-electron chi connectivity index (χ4n) is 8.11. The van der Waals surface area contributed by atoms with Gasteiger partial charge in [-0.05, 0) is 112 Å². The topological polar surface area (TPSA) is 52.0 Å². The molecule has 3 aliphatic rings. The Hall–Kier alpha value is -0.600. The molecule has 3 rings (SSSR count). The van der Waals surface area contributed by atoms with Gasteiger partial charge in [0.1, 0.15) is 0 Å². The van der Waals surface area contributed by atoms with Gasteiger partial charge in [-0.1, -0.05) is 57.9 Å². The monoisotopic (exact) mass is 428 g/mol. The van der Waals surface area contributed by atoms with Crippen molar-refractivity contribution in [3.8, 4) is 0 Å². The molecule has 0 heterocycles. The van der Waals surface area contributed by atoms with Crippen molar-refractivity contribution in [2.24, 2.45) is 51.9 Å². The van der Waals surface area contributed by atoms with E-state index < -0.39 is 0 Å². The van der Waals surface area contributed by atoms with Gasteiger partial charge in [0.15, 0.2) is 0 Å². The lowest BCUT2D eigenvalue weighted by atomic mass is 9.55. The van der Waals surface area contributed by atoms with Crippen LogP contribution in [0.1, 0.15) is 106 Å². The number of hydrogen-bond acceptors (Lipinski definition) is 2. The molecule has 0 aromatic carbocycles. The van der Waals surface area contributed by atoms with Gasteiger partial charge in [-0.2, -0.15) is 0 Å². The lowest BCUT2D eigenvalue weighted by Crippen LogP contribution is -2.50. The van der Waals surface area contributed by atoms with E-state index in [1.165, 1.54) is 56.1 Å². The minimum atomic E-state index is 0.222. The van der Waals surface area contributed by atoms with Crippen molar-refractivity contribution >= 4 is 0 Å². The summed E-state index contributed by atoms with van der Waals surface area (Å²) in [6, 6.07) is 0.660. The summed E-state index contributed by atoms with van der Waals surface area (Å²) >= 11 is 0. The zero-order chi connectivity index (χ0) is 23.0. The van der Waals surface area contributed by atoms with Crippen molar-refractivity contribution < 1.29 is 0 Å². The molecular weight excluding hydrogens is 376 g/mol. The van der Waals surface area contributed by atoms with Gasteiger partial charge < -0.3 is 11.5 Å². The van der Waals surface area contributed by atoms with Crippen molar-refractivity contribution in [3.63, 3.8) is 0 Å². The highest BCUT2D eigenvalue weighted by molar-refractivity contribution is 5.12. The van der Waals surface area contributed by atoms with Crippen molar-refractivity contribution in [2.75, 3.05) is 0 Å². The van der Waals surface area contributed by atoms with Crippen LogP contribution < -0.4 is 11.5 Å². The van der Waals surface area contributed by atoms with Crippen LogP contribution in [-0.2, 0) is 0 Å². The van der Waals surface area contributed by atoms with Crippen LogP contribution in [0.25, 0.3) is 0 Å². The van der Waals surface area contributed by atoms with Gasteiger partial charge in [-0.3, -0.25) is 0 Å². The predicted octanol–water partition coefficient (Wildman–Crippen LogP) is 7.24. The van der Waals surface area contributed by atoms with E-state index in [0.29, 0.717) is 35.3 Å². The lowest BCUT2D eigenvalue weighted by molar-refractivity contribution is 0.0306. The first-order valence-corrected chi connectivity index (χ1v) is 13.3. The zero-order valence-corrected chi connectivity index (χ0v) is 21.6. The molecule has 0 aromatic rings. The second-order valence-corrected chi connectivity index (χ2v) is 12.7. The predicted molar refractivity (Wildman–Crippen MR) is 136 cm³/mol. The highest BCUT2D eigenvalue weighted by Gasteiger charge is 2.51. The fraction of sp³-hybridized carbons (Fsp3) is 0.862. The summed E-state index contributed by atoms with van der Waals surface area (Å²) < 4.78 is 0. The summed E-state index contributed by atoms with van der Waals surface area (Å²) in [4.78, 5) is 0. The molecule has 0 radical (unpaired) electrons. The number of allylic oxidation sites excluding steroid dienone is 3. The maximum Gasteiger partial charge on any atom is 0.00933 e. The Bertz CT molecular complexity index is 658. The van der Waals surface area contributed by atoms with Crippen LogP contribution in [0, 0.1) is 40.4 Å². The number of rotatable bonds is 4. The highest BCUT2D eigenvalue weighted by atomic mass is 14.7. The van der Waals surface area contributed by atoms with Gasteiger partial charge in [0.25, 0.3) is 0 Å². The Labute approximate surface area is 193 Å². The Kier molecular flexibility index (Phi) is 7.85. The van der Waals surface area contributed by atoms with Crippen LogP contribution in [-0.4, -0.2) is 12.1 Å². The summed E-state index contributed by atoms with van der Waals surface area (Å²) in [6.45, 7) is 19.1. The summed E-state index contributed by atoms with van der Waals surface area (Å²) in [7, 11) is 0. The molecule has 31 heavy (non-hydrogen) atoms. The van der Waals surface area contributed by atoms with Gasteiger partial charge in [-0.25, -0.2) is 0 Å². The highest BCUT2D eigenvalue weighted by Crippen LogP contribution is 2.58. The van der Waals surface area contributed by atoms with Crippen LogP contribution in [0.3, 0.4) is 0 Å². The number of hydrogen-bond donors (Lipinski definition) is 2. The second kappa shape index (κ2) is 9.72. The van der Waals surface area contributed by atoms with Crippen molar-refractivity contribution in [1.29, 1.82) is 0 Å². The molecule has 8 atom stereocenters. The smallest absolute Gasteiger partial charge is 0.00933 e. The van der Waals surface area contributed by atoms with Crippen molar-refractivity contribution in [3.05, 3.63) is 23.8 Å². The zero-order valence-electron chi connectivity index (χ0n) is 21.6. The molecule has 0 bridgehead atoms. The van der Waals surface area contributed by atoms with E-state index in [4.69, 9.17) is 11.5 Å². The maximum absolute atomic E-state index is 6.89. The van der Waals surface area contributed by atoms with E-state index in [-0.39, 0.29) is 5.41 Å². The SMILES string of the molecule is C=C1CCC2(C)C(CCC2C(N)CCC=C(C)C)C(C)CCC2C1CCC(N)C2(C)C. The number of nitrogens with two attached hydrogens (primary N) is 2. The average Bonchev–Trinajstić information content (AvgIpc) is 3.03. The van der Waals surface area contributed by atoms with Crippen LogP contribution >= 0.6 is 0 Å². The quantitative estimate of drug-likeness (QED) is 0.464. The van der Waals surface area contributed by atoms with Gasteiger partial charge >= 0.3 is 0 Å². The first kappa shape index (κ1) is 25.0. The van der Waals surface area contributed by atoms with Crippen LogP contribution in [0.4, 0.5) is 0 Å². The summed E-state index contributed by atoms with van der Waals surface area (Å²) in [5.74, 6) is 3.59. The van der Waals surface area contributed by atoms with Crippen LogP contribution in [0.5, 0.6) is 0 Å². The van der Waals surface area contributed by atoms with E-state index in [0.717, 1.165) is 31.1 Å². The molecule has 2 heteroatoms. The maximum atomic E-state index is 6.89. The van der Waals surface area contributed by atoms with Gasteiger partial charge in [-0.15, -0.1) is 0 Å². The van der Waals surface area contributed by atoms with Crippen LogP contribution in [0.15, 0.2) is 23.8 Å². The summed E-state index contributed by atoms with van der Waals surface area (Å²) in [5, 5.41) is 0.